The summed E-state index contributed by atoms with van der Waals surface area (Å²) in [6.07, 6.45) is 23.1. The van der Waals surface area contributed by atoms with Crippen LogP contribution < -0.4 is 4.65 Å². The zero-order chi connectivity index (χ0) is 40.3. The fraction of sp³-hybridized carbons (Fsp3) is 0. The predicted octanol–water partition coefficient (Wildman–Crippen LogP) is 5.61. The molecular formula is C40H28BF2IN11O2. The molecule has 0 spiro atoms. The lowest BCUT2D eigenvalue weighted by atomic mass is 10.3. The standard InChI is InChI=1S/C15H9FN4.C10H7N3.C7H5N.C5H4BFNO2.C3H3IN2/c16-15-7-6-14(10-18-15)20-11-12(9-19-20)4-5-13-3-1-2-8-17-13;1-2-6-11-10(3-1)5-4-9-7-12-13-8-9;1-2-7-5-3-4-6-8-7;7-5-2-1-4(3-8-5)10-6-9;4-3-1-5-6-2-3/h1-3,6-11H;1-3,6-8H,(H,12,13);1,3-6H;1-3,9H;1-2H,(H,5,6). The minimum absolute atomic E-state index is 0.295. The SMILES string of the molecule is C#Cc1ccccn1.C(#Cc1ccccn1)c1cn[nH]c1.Fc1ccc(-n2cc(C#Cc3ccccn3)cn2)cn1.Ic1cn[nH]c1.O[B]Oc1ccc(F)nc1. The van der Waals surface area contributed by atoms with Crippen LogP contribution in [0.25, 0.3) is 5.69 Å². The van der Waals surface area contributed by atoms with Crippen LogP contribution in [0.5, 0.6) is 5.75 Å². The first-order valence-corrected chi connectivity index (χ1v) is 17.3. The molecule has 0 aliphatic carbocycles. The maximum absolute atomic E-state index is 12.7. The zero-order valence-corrected chi connectivity index (χ0v) is 31.7. The molecule has 0 bridgehead atoms. The summed E-state index contributed by atoms with van der Waals surface area (Å²) in [6, 6.07) is 22.1. The van der Waals surface area contributed by atoms with Gasteiger partial charge in [-0.1, -0.05) is 36.0 Å². The number of aromatic amines is 2. The van der Waals surface area contributed by atoms with Crippen LogP contribution in [0.4, 0.5) is 8.78 Å². The quantitative estimate of drug-likeness (QED) is 0.0879. The summed E-state index contributed by atoms with van der Waals surface area (Å²) in [6.45, 7) is 0. The fourth-order valence-corrected chi connectivity index (χ4v) is 3.95. The van der Waals surface area contributed by atoms with E-state index < -0.39 is 11.9 Å². The Morgan fingerprint density at radius 2 is 1.25 bits per heavy atom. The second kappa shape index (κ2) is 24.7. The maximum Gasteiger partial charge on any atom is 0.569 e. The minimum Gasteiger partial charge on any atom is -0.536 e. The number of hydrogen-bond acceptors (Lipinski definition) is 10. The summed E-state index contributed by atoms with van der Waals surface area (Å²) in [4.78, 5) is 18.9. The first-order chi connectivity index (χ1) is 27.9. The van der Waals surface area contributed by atoms with Crippen molar-refractivity contribution in [1.82, 2.24) is 55.1 Å². The Morgan fingerprint density at radius 1 is 0.649 bits per heavy atom. The van der Waals surface area contributed by atoms with Crippen LogP contribution >= 0.6 is 22.6 Å². The third kappa shape index (κ3) is 17.0. The Kier molecular flexibility index (Phi) is 18.3. The number of terminal acetylenes is 1. The molecule has 17 heteroatoms. The van der Waals surface area contributed by atoms with E-state index in [2.05, 4.69) is 107 Å². The highest BCUT2D eigenvalue weighted by Gasteiger charge is 2.00. The maximum atomic E-state index is 12.7. The lowest BCUT2D eigenvalue weighted by Gasteiger charge is -1.98. The van der Waals surface area contributed by atoms with Crippen LogP contribution in [-0.4, -0.2) is 67.8 Å². The molecule has 0 amide bonds. The Bertz CT molecular complexity index is 2470. The lowest BCUT2D eigenvalue weighted by Crippen LogP contribution is -1.99. The van der Waals surface area contributed by atoms with Crippen LogP contribution in [0.3, 0.4) is 0 Å². The second-order valence-corrected chi connectivity index (χ2v) is 11.5. The molecule has 8 aromatic heterocycles. The smallest absolute Gasteiger partial charge is 0.536 e. The van der Waals surface area contributed by atoms with E-state index in [1.807, 2.05) is 54.7 Å². The number of hydrogen-bond donors (Lipinski definition) is 3. The summed E-state index contributed by atoms with van der Waals surface area (Å²) < 4.78 is 32.0. The Morgan fingerprint density at radius 3 is 1.68 bits per heavy atom. The third-order valence-corrected chi connectivity index (χ3v) is 6.81. The number of nitrogens with one attached hydrogen (secondary N) is 2. The topological polar surface area (TPSA) is 169 Å². The van der Waals surface area contributed by atoms with Gasteiger partial charge in [0.2, 0.25) is 11.9 Å². The molecule has 8 aromatic rings. The van der Waals surface area contributed by atoms with Gasteiger partial charge in [-0.3, -0.25) is 10.2 Å². The van der Waals surface area contributed by atoms with Gasteiger partial charge in [0.05, 0.1) is 51.4 Å². The highest BCUT2D eigenvalue weighted by Crippen LogP contribution is 2.08. The van der Waals surface area contributed by atoms with Crippen LogP contribution in [0.15, 0.2) is 147 Å². The molecule has 0 saturated heterocycles. The minimum atomic E-state index is -0.578. The van der Waals surface area contributed by atoms with Crippen molar-refractivity contribution in [2.45, 2.75) is 0 Å². The summed E-state index contributed by atoms with van der Waals surface area (Å²) in [7, 11) is 0.509. The van der Waals surface area contributed by atoms with Gasteiger partial charge in [0.1, 0.15) is 22.8 Å². The average molecular weight is 870 g/mol. The molecule has 0 saturated carbocycles. The van der Waals surface area contributed by atoms with E-state index in [0.717, 1.165) is 26.5 Å². The van der Waals surface area contributed by atoms with Gasteiger partial charge in [0.15, 0.2) is 0 Å². The van der Waals surface area contributed by atoms with Crippen molar-refractivity contribution < 1.29 is 18.5 Å². The van der Waals surface area contributed by atoms with Crippen molar-refractivity contribution in [3.05, 3.63) is 191 Å². The number of halogens is 3. The predicted molar refractivity (Wildman–Crippen MR) is 217 cm³/mol. The van der Waals surface area contributed by atoms with Gasteiger partial charge in [-0.2, -0.15) is 24.1 Å². The average Bonchev–Trinajstić information content (AvgIpc) is 4.08. The molecule has 0 atom stereocenters. The van der Waals surface area contributed by atoms with Gasteiger partial charge < -0.3 is 9.68 Å². The van der Waals surface area contributed by atoms with Gasteiger partial charge in [0.25, 0.3) is 0 Å². The molecule has 279 valence electrons. The van der Waals surface area contributed by atoms with E-state index in [9.17, 15) is 8.78 Å². The Labute approximate surface area is 340 Å². The number of aromatic nitrogens is 11. The summed E-state index contributed by atoms with van der Waals surface area (Å²) in [5.74, 6) is 13.4. The molecule has 8 rings (SSSR count). The van der Waals surface area contributed by atoms with E-state index in [-0.39, 0.29) is 0 Å². The largest absolute Gasteiger partial charge is 0.569 e. The first kappa shape index (κ1) is 42.2. The van der Waals surface area contributed by atoms with Crippen molar-refractivity contribution in [1.29, 1.82) is 0 Å². The fourth-order valence-electron chi connectivity index (χ4n) is 3.67. The normalized spacial score (nSPS) is 9.11. The van der Waals surface area contributed by atoms with Crippen molar-refractivity contribution in [2.24, 2.45) is 0 Å². The molecule has 0 aliphatic heterocycles. The van der Waals surface area contributed by atoms with Gasteiger partial charge in [-0.15, -0.1) is 6.42 Å². The number of nitrogens with zero attached hydrogens (tertiary/aromatic N) is 9. The number of H-pyrrole nitrogens is 2. The Balaban J connectivity index is 0.000000169. The van der Waals surface area contributed by atoms with Gasteiger partial charge in [-0.25, -0.2) is 29.6 Å². The van der Waals surface area contributed by atoms with Gasteiger partial charge in [0, 0.05) is 37.2 Å². The summed E-state index contributed by atoms with van der Waals surface area (Å²) >= 11 is 2.18. The molecule has 1 radical (unpaired) electrons. The summed E-state index contributed by atoms with van der Waals surface area (Å²) in [5, 5.41) is 25.1. The summed E-state index contributed by atoms with van der Waals surface area (Å²) in [5.41, 5.74) is 4.45. The van der Waals surface area contributed by atoms with Crippen molar-refractivity contribution in [2.75, 3.05) is 0 Å². The first-order valence-electron chi connectivity index (χ1n) is 16.2. The monoisotopic (exact) mass is 870 g/mol. The van der Waals surface area contributed by atoms with Gasteiger partial charge in [-0.05, 0) is 95.1 Å². The van der Waals surface area contributed by atoms with Crippen LogP contribution in [0.1, 0.15) is 28.2 Å². The van der Waals surface area contributed by atoms with Crippen molar-refractivity contribution in [3.63, 3.8) is 0 Å². The number of rotatable bonds is 3. The highest BCUT2D eigenvalue weighted by atomic mass is 127. The van der Waals surface area contributed by atoms with Gasteiger partial charge >= 0.3 is 7.69 Å². The van der Waals surface area contributed by atoms with Crippen LogP contribution in [0, 0.1) is 51.5 Å². The highest BCUT2D eigenvalue weighted by molar-refractivity contribution is 14.1. The lowest BCUT2D eigenvalue weighted by molar-refractivity contribution is 0.450. The molecule has 8 heterocycles. The molecule has 0 unspecified atom stereocenters. The van der Waals surface area contributed by atoms with E-state index in [4.69, 9.17) is 11.4 Å². The molecule has 57 heavy (non-hydrogen) atoms. The third-order valence-electron chi connectivity index (χ3n) is 6.22. The van der Waals surface area contributed by atoms with E-state index in [0.29, 0.717) is 30.5 Å². The molecule has 0 fully saturated rings. The number of pyridine rings is 5. The van der Waals surface area contributed by atoms with Crippen LogP contribution in [0.2, 0.25) is 0 Å². The van der Waals surface area contributed by atoms with Crippen LogP contribution in [-0.2, 0) is 0 Å². The van der Waals surface area contributed by atoms with Crippen molar-refractivity contribution >= 4 is 30.3 Å². The van der Waals surface area contributed by atoms with E-state index in [1.54, 1.807) is 66.4 Å². The second-order valence-electron chi connectivity index (χ2n) is 10.2. The molecule has 0 aromatic carbocycles. The van der Waals surface area contributed by atoms with Crippen molar-refractivity contribution in [3.8, 4) is 47.5 Å². The molecule has 13 nitrogen and oxygen atoms in total. The van der Waals surface area contributed by atoms with E-state index >= 15 is 0 Å². The molecule has 3 N–H and O–H groups in total. The molecular weight excluding hydrogens is 842 g/mol. The van der Waals surface area contributed by atoms with E-state index in [1.165, 1.54) is 24.5 Å². The zero-order valence-electron chi connectivity index (χ0n) is 29.5. The molecule has 0 aliphatic rings. The Hall–Kier alpha value is -7.53.